The number of piperidine rings is 1. The highest BCUT2D eigenvalue weighted by molar-refractivity contribution is 7.89. The molecule has 7 nitrogen and oxygen atoms in total. The van der Waals surface area contributed by atoms with Crippen LogP contribution in [0.1, 0.15) is 24.2 Å². The topological polar surface area (TPSA) is 84.3 Å². The third-order valence-electron chi connectivity index (χ3n) is 5.11. The van der Waals surface area contributed by atoms with Crippen LogP contribution in [0, 0.1) is 31.4 Å². The number of aromatic nitrogens is 2. The summed E-state index contributed by atoms with van der Waals surface area (Å²) >= 11 is 0. The van der Waals surface area contributed by atoms with Gasteiger partial charge in [0.2, 0.25) is 15.9 Å². The molecule has 0 aliphatic carbocycles. The Morgan fingerprint density at radius 3 is 2.36 bits per heavy atom. The number of rotatable bonds is 4. The van der Waals surface area contributed by atoms with Gasteiger partial charge in [0.1, 0.15) is 0 Å². The summed E-state index contributed by atoms with van der Waals surface area (Å²) in [6.45, 7) is 3.92. The van der Waals surface area contributed by atoms with E-state index < -0.39 is 21.7 Å². The molecule has 1 saturated heterocycles. The standard InChI is InChI=1S/C18H22F2N4O3S/c1-11-17(12(2)23(3)22-11)21-18(25)13-6-8-24(9-7-13)28(26,27)14-4-5-15(19)16(20)10-14/h4-5,10,13H,6-9H2,1-3H3,(H,21,25). The molecule has 2 heterocycles. The third kappa shape index (κ3) is 3.79. The van der Waals surface area contributed by atoms with Gasteiger partial charge in [-0.2, -0.15) is 9.40 Å². The third-order valence-corrected chi connectivity index (χ3v) is 7.01. The van der Waals surface area contributed by atoms with Crippen molar-refractivity contribution in [3.63, 3.8) is 0 Å². The van der Waals surface area contributed by atoms with Gasteiger partial charge in [0.25, 0.3) is 0 Å². The molecule has 1 aromatic heterocycles. The van der Waals surface area contributed by atoms with Crippen LogP contribution in [0.2, 0.25) is 0 Å². The highest BCUT2D eigenvalue weighted by atomic mass is 32.2. The normalized spacial score (nSPS) is 16.3. The quantitative estimate of drug-likeness (QED) is 0.836. The first-order valence-corrected chi connectivity index (χ1v) is 10.3. The molecule has 2 aromatic rings. The van der Waals surface area contributed by atoms with Crippen molar-refractivity contribution in [2.75, 3.05) is 18.4 Å². The van der Waals surface area contributed by atoms with Gasteiger partial charge >= 0.3 is 0 Å². The number of nitrogens with zero attached hydrogens (tertiary/aromatic N) is 3. The van der Waals surface area contributed by atoms with Crippen molar-refractivity contribution in [1.29, 1.82) is 0 Å². The Morgan fingerprint density at radius 2 is 1.82 bits per heavy atom. The first-order valence-electron chi connectivity index (χ1n) is 8.87. The molecule has 1 N–H and O–H groups in total. The van der Waals surface area contributed by atoms with Crippen molar-refractivity contribution in [1.82, 2.24) is 14.1 Å². The zero-order chi connectivity index (χ0) is 20.6. The number of hydrogen-bond acceptors (Lipinski definition) is 4. The Kier molecular flexibility index (Phi) is 5.53. The Morgan fingerprint density at radius 1 is 1.18 bits per heavy atom. The van der Waals surface area contributed by atoms with Crippen molar-refractivity contribution >= 4 is 21.6 Å². The predicted octanol–water partition coefficient (Wildman–Crippen LogP) is 2.35. The van der Waals surface area contributed by atoms with Crippen molar-refractivity contribution < 1.29 is 22.0 Å². The van der Waals surface area contributed by atoms with Gasteiger partial charge in [0.15, 0.2) is 11.6 Å². The van der Waals surface area contributed by atoms with Crippen LogP contribution in [0.5, 0.6) is 0 Å². The largest absolute Gasteiger partial charge is 0.323 e. The SMILES string of the molecule is Cc1nn(C)c(C)c1NC(=O)C1CCN(S(=O)(=O)c2ccc(F)c(F)c2)CC1. The predicted molar refractivity (Wildman–Crippen MR) is 99.2 cm³/mol. The molecule has 0 saturated carbocycles. The lowest BCUT2D eigenvalue weighted by molar-refractivity contribution is -0.120. The van der Waals surface area contributed by atoms with Crippen LogP contribution in [0.15, 0.2) is 23.1 Å². The van der Waals surface area contributed by atoms with E-state index in [1.165, 1.54) is 4.31 Å². The van der Waals surface area contributed by atoms with E-state index in [4.69, 9.17) is 0 Å². The number of benzene rings is 1. The molecule has 0 bridgehead atoms. The fourth-order valence-corrected chi connectivity index (χ4v) is 4.81. The molecule has 1 amide bonds. The molecule has 3 rings (SSSR count). The smallest absolute Gasteiger partial charge is 0.243 e. The molecule has 0 spiro atoms. The number of nitrogens with one attached hydrogen (secondary N) is 1. The maximum absolute atomic E-state index is 13.4. The van der Waals surface area contributed by atoms with Crippen LogP contribution in [-0.2, 0) is 21.9 Å². The number of hydrogen-bond donors (Lipinski definition) is 1. The van der Waals surface area contributed by atoms with Crippen LogP contribution in [0.25, 0.3) is 0 Å². The summed E-state index contributed by atoms with van der Waals surface area (Å²) in [5.74, 6) is -2.83. The van der Waals surface area contributed by atoms with E-state index >= 15 is 0 Å². The van der Waals surface area contributed by atoms with Gasteiger partial charge in [-0.25, -0.2) is 17.2 Å². The van der Waals surface area contributed by atoms with Gasteiger partial charge < -0.3 is 5.32 Å². The molecule has 0 radical (unpaired) electrons. The minimum atomic E-state index is -3.94. The van der Waals surface area contributed by atoms with Crippen molar-refractivity contribution in [3.8, 4) is 0 Å². The Bertz CT molecular complexity index is 1010. The maximum atomic E-state index is 13.4. The molecule has 10 heteroatoms. The van der Waals surface area contributed by atoms with E-state index in [1.54, 1.807) is 18.7 Å². The number of carbonyl (C=O) groups excluding carboxylic acids is 1. The van der Waals surface area contributed by atoms with Crippen LogP contribution >= 0.6 is 0 Å². The zero-order valence-corrected chi connectivity index (χ0v) is 16.7. The molecule has 0 unspecified atom stereocenters. The van der Waals surface area contributed by atoms with Gasteiger partial charge in [-0.3, -0.25) is 9.48 Å². The van der Waals surface area contributed by atoms with Crippen molar-refractivity contribution in [3.05, 3.63) is 41.2 Å². The molecule has 1 aromatic carbocycles. The minimum Gasteiger partial charge on any atom is -0.323 e. The maximum Gasteiger partial charge on any atom is 0.243 e. The van der Waals surface area contributed by atoms with E-state index in [0.29, 0.717) is 30.3 Å². The van der Waals surface area contributed by atoms with Gasteiger partial charge in [-0.1, -0.05) is 0 Å². The number of aryl methyl sites for hydroxylation is 2. The van der Waals surface area contributed by atoms with Gasteiger partial charge in [0.05, 0.1) is 22.0 Å². The second-order valence-corrected chi connectivity index (χ2v) is 8.85. The average molecular weight is 412 g/mol. The van der Waals surface area contributed by atoms with Crippen LogP contribution in [0.4, 0.5) is 14.5 Å². The lowest BCUT2D eigenvalue weighted by atomic mass is 9.97. The molecule has 0 atom stereocenters. The number of halogens is 2. The van der Waals surface area contributed by atoms with Crippen LogP contribution in [-0.4, -0.2) is 41.5 Å². The first-order chi connectivity index (χ1) is 13.1. The first kappa shape index (κ1) is 20.4. The molecule has 1 aliphatic rings. The molecule has 1 aliphatic heterocycles. The van der Waals surface area contributed by atoms with Gasteiger partial charge in [-0.05, 0) is 44.9 Å². The molecular weight excluding hydrogens is 390 g/mol. The van der Waals surface area contributed by atoms with E-state index in [0.717, 1.165) is 17.8 Å². The second-order valence-electron chi connectivity index (χ2n) is 6.91. The fourth-order valence-electron chi connectivity index (χ4n) is 3.32. The Balaban J connectivity index is 1.66. The second kappa shape index (κ2) is 7.59. The highest BCUT2D eigenvalue weighted by Gasteiger charge is 2.33. The van der Waals surface area contributed by atoms with E-state index in [1.807, 2.05) is 6.92 Å². The fraction of sp³-hybridized carbons (Fsp3) is 0.444. The number of amides is 1. The Labute approximate surface area is 162 Å². The molecule has 28 heavy (non-hydrogen) atoms. The van der Waals surface area contributed by atoms with Crippen molar-refractivity contribution in [2.24, 2.45) is 13.0 Å². The zero-order valence-electron chi connectivity index (χ0n) is 15.9. The van der Waals surface area contributed by atoms with Crippen LogP contribution in [0.3, 0.4) is 0 Å². The monoisotopic (exact) mass is 412 g/mol. The van der Waals surface area contributed by atoms with E-state index in [-0.39, 0.29) is 29.8 Å². The lowest BCUT2D eigenvalue weighted by Crippen LogP contribution is -2.41. The number of carbonyl (C=O) groups is 1. The highest BCUT2D eigenvalue weighted by Crippen LogP contribution is 2.27. The van der Waals surface area contributed by atoms with Gasteiger partial charge in [-0.15, -0.1) is 0 Å². The average Bonchev–Trinajstić information content (AvgIpc) is 2.90. The van der Waals surface area contributed by atoms with E-state index in [2.05, 4.69) is 10.4 Å². The summed E-state index contributed by atoms with van der Waals surface area (Å²) < 4.78 is 54.6. The van der Waals surface area contributed by atoms with Crippen molar-refractivity contribution in [2.45, 2.75) is 31.6 Å². The minimum absolute atomic E-state index is 0.129. The summed E-state index contributed by atoms with van der Waals surface area (Å²) in [6, 6.07) is 2.51. The summed E-state index contributed by atoms with van der Waals surface area (Å²) in [5, 5.41) is 7.14. The molecule has 152 valence electrons. The van der Waals surface area contributed by atoms with Gasteiger partial charge in [0, 0.05) is 26.1 Å². The van der Waals surface area contributed by atoms with E-state index in [9.17, 15) is 22.0 Å². The molecular formula is C18H22F2N4O3S. The van der Waals surface area contributed by atoms with Crippen LogP contribution < -0.4 is 5.32 Å². The summed E-state index contributed by atoms with van der Waals surface area (Å²) in [4.78, 5) is 12.3. The number of sulfonamides is 1. The summed E-state index contributed by atoms with van der Waals surface area (Å²) in [6.07, 6.45) is 0.681. The molecule has 1 fully saturated rings. The summed E-state index contributed by atoms with van der Waals surface area (Å²) in [7, 11) is -2.15. The number of anilines is 1. The Hall–Kier alpha value is -2.33. The summed E-state index contributed by atoms with van der Waals surface area (Å²) in [5.41, 5.74) is 2.22. The lowest BCUT2D eigenvalue weighted by Gasteiger charge is -2.30.